The summed E-state index contributed by atoms with van der Waals surface area (Å²) < 4.78 is 5.60. The van der Waals surface area contributed by atoms with E-state index in [0.29, 0.717) is 88.9 Å². The molecule has 0 bridgehead atoms. The molecule has 2 aromatic heterocycles. The van der Waals surface area contributed by atoms with Crippen molar-refractivity contribution in [3.63, 3.8) is 0 Å². The number of fused-ring (bicyclic) bond motifs is 2. The highest BCUT2D eigenvalue weighted by molar-refractivity contribution is 5.97. The summed E-state index contributed by atoms with van der Waals surface area (Å²) in [5.74, 6) is 1.02. The molecule has 2 amide bonds. The Morgan fingerprint density at radius 3 is 2.44 bits per heavy atom. The average Bonchev–Trinajstić information content (AvgIpc) is 3.64. The molecule has 2 aromatic carbocycles. The van der Waals surface area contributed by atoms with Gasteiger partial charge in [0.25, 0.3) is 5.91 Å². The molecule has 4 aromatic rings. The van der Waals surface area contributed by atoms with Crippen LogP contribution in [0.15, 0.2) is 42.7 Å². The number of benzene rings is 2. The maximum absolute atomic E-state index is 13.9. The van der Waals surface area contributed by atoms with E-state index in [9.17, 15) is 24.9 Å². The van der Waals surface area contributed by atoms with Crippen molar-refractivity contribution in [1.82, 2.24) is 39.5 Å². The number of amides is 2. The van der Waals surface area contributed by atoms with Gasteiger partial charge in [-0.1, -0.05) is 32.0 Å². The molecule has 8 rings (SSSR count). The van der Waals surface area contributed by atoms with Crippen molar-refractivity contribution in [3.05, 3.63) is 81.8 Å². The predicted octanol–water partition coefficient (Wildman–Crippen LogP) is 2.11. The third-order valence-corrected chi connectivity index (χ3v) is 11.5. The Bertz CT molecular complexity index is 2140. The number of nitrogen functional groups attached to an aromatic ring is 1. The van der Waals surface area contributed by atoms with E-state index in [1.54, 1.807) is 23.4 Å². The van der Waals surface area contributed by atoms with Gasteiger partial charge in [-0.2, -0.15) is 0 Å². The number of nitrogens with zero attached hydrogens (tertiary/aromatic N) is 9. The largest absolute Gasteiger partial charge is 0.508 e. The molecule has 4 aliphatic rings. The first kappa shape index (κ1) is 38.5. The Hall–Kier alpha value is -5.42. The van der Waals surface area contributed by atoms with Crippen LogP contribution in [0.3, 0.4) is 0 Å². The van der Waals surface area contributed by atoms with Gasteiger partial charge in [-0.15, -0.1) is 0 Å². The highest BCUT2D eigenvalue weighted by Crippen LogP contribution is 2.35. The molecule has 2 saturated heterocycles. The zero-order valence-corrected chi connectivity index (χ0v) is 32.5. The lowest BCUT2D eigenvalue weighted by molar-refractivity contribution is -0.139. The lowest BCUT2D eigenvalue weighted by Crippen LogP contribution is -2.58. The summed E-state index contributed by atoms with van der Waals surface area (Å²) in [7, 11) is 0. The number of phenols is 2. The van der Waals surface area contributed by atoms with Crippen molar-refractivity contribution in [2.45, 2.75) is 58.4 Å². The van der Waals surface area contributed by atoms with Gasteiger partial charge in [0, 0.05) is 89.5 Å². The molecule has 6 heterocycles. The number of nitrogens with two attached hydrogens (primary N) is 1. The summed E-state index contributed by atoms with van der Waals surface area (Å²) in [6.07, 6.45) is 3.96. The van der Waals surface area contributed by atoms with E-state index in [2.05, 4.69) is 42.9 Å². The molecule has 2 fully saturated rings. The number of aliphatic hydroxyl groups excluding tert-OH is 1. The van der Waals surface area contributed by atoms with E-state index < -0.39 is 0 Å². The van der Waals surface area contributed by atoms with Crippen LogP contribution in [0.4, 0.5) is 11.8 Å². The summed E-state index contributed by atoms with van der Waals surface area (Å²) in [4.78, 5) is 55.7. The average molecular weight is 779 g/mol. The maximum Gasteiger partial charge on any atom is 0.258 e. The van der Waals surface area contributed by atoms with Crippen LogP contribution in [-0.4, -0.2) is 138 Å². The number of aromatic nitrogens is 4. The van der Waals surface area contributed by atoms with Crippen LogP contribution in [0.25, 0.3) is 11.4 Å². The van der Waals surface area contributed by atoms with Gasteiger partial charge in [0.15, 0.2) is 5.82 Å². The maximum atomic E-state index is 13.9. The van der Waals surface area contributed by atoms with Gasteiger partial charge in [-0.05, 0) is 40.7 Å². The molecular weight excluding hydrogens is 729 g/mol. The molecule has 5 N–H and O–H groups in total. The SMILES string of the molecule is CC(C)c1cc(C(=O)N2Cc3ccc(CN4CCN(C(=O)CN5CCc6c(nc(-c7cnc(N)nc7)nc6N6CCOCC6)C5)[C@@H](CO)C4)cc3C2)c(O)cc1O. The molecular formula is C41H50N10O6. The second-order valence-corrected chi connectivity index (χ2v) is 15.7. The number of rotatable bonds is 9. The molecule has 0 unspecified atom stereocenters. The van der Waals surface area contributed by atoms with Gasteiger partial charge in [0.2, 0.25) is 11.9 Å². The van der Waals surface area contributed by atoms with Gasteiger partial charge < -0.3 is 40.5 Å². The van der Waals surface area contributed by atoms with Crippen molar-refractivity contribution in [1.29, 1.82) is 0 Å². The van der Waals surface area contributed by atoms with Crippen LogP contribution >= 0.6 is 0 Å². The van der Waals surface area contributed by atoms with E-state index in [0.717, 1.165) is 46.9 Å². The first-order valence-electron chi connectivity index (χ1n) is 19.7. The summed E-state index contributed by atoms with van der Waals surface area (Å²) in [5, 5.41) is 31.2. The van der Waals surface area contributed by atoms with E-state index in [4.69, 9.17) is 20.4 Å². The minimum Gasteiger partial charge on any atom is -0.508 e. The molecule has 300 valence electrons. The first-order chi connectivity index (χ1) is 27.5. The molecule has 57 heavy (non-hydrogen) atoms. The highest BCUT2D eigenvalue weighted by Gasteiger charge is 2.34. The Morgan fingerprint density at radius 2 is 1.68 bits per heavy atom. The lowest BCUT2D eigenvalue weighted by atomic mass is 9.98. The smallest absolute Gasteiger partial charge is 0.258 e. The molecule has 0 aliphatic carbocycles. The van der Waals surface area contributed by atoms with Crippen molar-refractivity contribution in [2.75, 3.05) is 76.3 Å². The van der Waals surface area contributed by atoms with Crippen molar-refractivity contribution in [3.8, 4) is 22.9 Å². The van der Waals surface area contributed by atoms with Crippen molar-refractivity contribution < 1.29 is 29.6 Å². The summed E-state index contributed by atoms with van der Waals surface area (Å²) in [6.45, 7) is 11.0. The standard InChI is InChI=1S/C41H50N10O6/c1-25(2)32-14-33(36(54)15-35(32)53)40(56)50-19-27-4-3-26(13-28(27)20-50)18-48-7-8-51(30(21-48)24-52)37(55)23-47-6-5-31-34(22-47)45-38(29-16-43-41(42)44-17-29)46-39(31)49-9-11-57-12-10-49/h3-4,13-17,25,30,52-54H,5-12,18-24H2,1-2H3,(H2,42,43,44)/t30-/m1/s1. The Kier molecular flexibility index (Phi) is 10.9. The fraction of sp³-hybridized carbons (Fsp3) is 0.463. The van der Waals surface area contributed by atoms with Crippen LogP contribution < -0.4 is 10.6 Å². The van der Waals surface area contributed by atoms with Crippen LogP contribution in [0.2, 0.25) is 0 Å². The van der Waals surface area contributed by atoms with E-state index in [1.807, 2.05) is 18.7 Å². The summed E-state index contributed by atoms with van der Waals surface area (Å²) >= 11 is 0. The number of ether oxygens (including phenoxy) is 1. The van der Waals surface area contributed by atoms with E-state index in [-0.39, 0.29) is 59.9 Å². The molecule has 16 nitrogen and oxygen atoms in total. The lowest BCUT2D eigenvalue weighted by Gasteiger charge is -2.42. The summed E-state index contributed by atoms with van der Waals surface area (Å²) in [6, 6.07) is 8.74. The Morgan fingerprint density at radius 1 is 0.912 bits per heavy atom. The van der Waals surface area contributed by atoms with Gasteiger partial charge in [0.1, 0.15) is 17.3 Å². The van der Waals surface area contributed by atoms with Crippen LogP contribution in [0, 0.1) is 0 Å². The normalized spacial score (nSPS) is 18.9. The summed E-state index contributed by atoms with van der Waals surface area (Å²) in [5.41, 5.74) is 12.4. The number of hydrogen-bond acceptors (Lipinski definition) is 14. The minimum absolute atomic E-state index is 0.00806. The number of phenolic OH excluding ortho intramolecular Hbond substituents is 2. The predicted molar refractivity (Wildman–Crippen MR) is 211 cm³/mol. The molecule has 0 spiro atoms. The molecule has 0 saturated carbocycles. The topological polar surface area (TPSA) is 198 Å². The van der Waals surface area contributed by atoms with Crippen molar-refractivity contribution >= 4 is 23.6 Å². The van der Waals surface area contributed by atoms with Gasteiger partial charge >= 0.3 is 0 Å². The van der Waals surface area contributed by atoms with Crippen molar-refractivity contribution in [2.24, 2.45) is 0 Å². The molecule has 0 radical (unpaired) electrons. The zero-order chi connectivity index (χ0) is 39.8. The second kappa shape index (κ2) is 16.2. The van der Waals surface area contributed by atoms with E-state index >= 15 is 0 Å². The number of aliphatic hydroxyl groups is 1. The van der Waals surface area contributed by atoms with Gasteiger partial charge in [0.05, 0.1) is 49.2 Å². The third-order valence-electron chi connectivity index (χ3n) is 11.5. The Balaban J connectivity index is 0.895. The number of hydrogen-bond donors (Lipinski definition) is 4. The number of anilines is 2. The quantitative estimate of drug-likeness (QED) is 0.193. The monoisotopic (exact) mass is 778 g/mol. The van der Waals surface area contributed by atoms with Gasteiger partial charge in [-0.3, -0.25) is 19.4 Å². The van der Waals surface area contributed by atoms with Crippen LogP contribution in [-0.2, 0) is 42.1 Å². The zero-order valence-electron chi connectivity index (χ0n) is 32.5. The second-order valence-electron chi connectivity index (χ2n) is 15.7. The number of piperazine rings is 1. The van der Waals surface area contributed by atoms with Crippen LogP contribution in [0.1, 0.15) is 63.6 Å². The molecule has 1 atom stereocenters. The molecule has 4 aliphatic heterocycles. The number of carbonyl (C=O) groups is 2. The fourth-order valence-corrected chi connectivity index (χ4v) is 8.40. The van der Waals surface area contributed by atoms with Crippen LogP contribution in [0.5, 0.6) is 11.5 Å². The Labute approximate surface area is 331 Å². The number of morpholine rings is 1. The first-order valence-corrected chi connectivity index (χ1v) is 19.7. The highest BCUT2D eigenvalue weighted by atomic mass is 16.5. The van der Waals surface area contributed by atoms with E-state index in [1.165, 1.54) is 6.07 Å². The molecule has 16 heteroatoms. The van der Waals surface area contributed by atoms with Gasteiger partial charge in [-0.25, -0.2) is 19.9 Å². The number of carbonyl (C=O) groups excluding carboxylic acids is 2. The fourth-order valence-electron chi connectivity index (χ4n) is 8.40. The third kappa shape index (κ3) is 8.08. The number of aromatic hydroxyl groups is 2. The minimum atomic E-state index is -0.341.